The van der Waals surface area contributed by atoms with E-state index in [2.05, 4.69) is 39.8 Å². The molecular formula is C10H22N2. The first-order valence-corrected chi connectivity index (χ1v) is 4.73. The molecule has 0 radical (unpaired) electrons. The van der Waals surface area contributed by atoms with Gasteiger partial charge in [-0.25, -0.2) is 0 Å². The quantitative estimate of drug-likeness (QED) is 0.679. The lowest BCUT2D eigenvalue weighted by Crippen LogP contribution is -2.53. The Kier molecular flexibility index (Phi) is 2.26. The molecule has 1 unspecified atom stereocenters. The molecule has 0 aliphatic heterocycles. The van der Waals surface area contributed by atoms with Gasteiger partial charge in [0, 0.05) is 11.6 Å². The van der Waals surface area contributed by atoms with Crippen molar-refractivity contribution in [3.05, 3.63) is 0 Å². The fourth-order valence-corrected chi connectivity index (χ4v) is 2.57. The Morgan fingerprint density at radius 1 is 1.25 bits per heavy atom. The van der Waals surface area contributed by atoms with E-state index in [0.717, 1.165) is 0 Å². The van der Waals surface area contributed by atoms with E-state index in [1.54, 1.807) is 0 Å². The van der Waals surface area contributed by atoms with Gasteiger partial charge in [0.25, 0.3) is 0 Å². The monoisotopic (exact) mass is 170 g/mol. The van der Waals surface area contributed by atoms with Gasteiger partial charge < -0.3 is 10.6 Å². The molecule has 0 amide bonds. The van der Waals surface area contributed by atoms with Crippen LogP contribution >= 0.6 is 0 Å². The molecular weight excluding hydrogens is 148 g/mol. The third-order valence-electron chi connectivity index (χ3n) is 2.71. The predicted molar refractivity (Wildman–Crippen MR) is 53.1 cm³/mol. The van der Waals surface area contributed by atoms with E-state index in [1.807, 2.05) is 0 Å². The smallest absolute Gasteiger partial charge is 0.0318 e. The van der Waals surface area contributed by atoms with Crippen molar-refractivity contribution in [2.45, 2.75) is 45.2 Å². The zero-order chi connectivity index (χ0) is 9.57. The van der Waals surface area contributed by atoms with Crippen molar-refractivity contribution in [2.75, 3.05) is 14.1 Å². The highest BCUT2D eigenvalue weighted by Crippen LogP contribution is 2.44. The van der Waals surface area contributed by atoms with Crippen LogP contribution in [0.1, 0.15) is 33.6 Å². The Hall–Kier alpha value is -0.0800. The Labute approximate surface area is 76.1 Å². The number of nitrogens with zero attached hydrogens (tertiary/aromatic N) is 1. The molecule has 0 aromatic heterocycles. The van der Waals surface area contributed by atoms with Crippen LogP contribution in [0.15, 0.2) is 0 Å². The molecule has 0 saturated heterocycles. The summed E-state index contributed by atoms with van der Waals surface area (Å²) in [4.78, 5) is 2.27. The summed E-state index contributed by atoms with van der Waals surface area (Å²) in [6, 6.07) is 0.505. The van der Waals surface area contributed by atoms with E-state index in [4.69, 9.17) is 5.73 Å². The van der Waals surface area contributed by atoms with E-state index in [0.29, 0.717) is 6.04 Å². The molecule has 0 aromatic carbocycles. The van der Waals surface area contributed by atoms with Gasteiger partial charge in [0.2, 0.25) is 0 Å². The molecule has 0 aromatic rings. The third kappa shape index (κ3) is 1.80. The highest BCUT2D eigenvalue weighted by Gasteiger charge is 2.51. The topological polar surface area (TPSA) is 29.3 Å². The second kappa shape index (κ2) is 2.71. The van der Waals surface area contributed by atoms with Crippen LogP contribution in [-0.2, 0) is 0 Å². The molecule has 0 spiro atoms. The minimum Gasteiger partial charge on any atom is -0.324 e. The SMILES string of the molecule is CN(C)C(C(C)(C)C)C1(N)CC1. The molecule has 72 valence electrons. The molecule has 2 heteroatoms. The van der Waals surface area contributed by atoms with Gasteiger partial charge in [0.1, 0.15) is 0 Å². The fourth-order valence-electron chi connectivity index (χ4n) is 2.57. The van der Waals surface area contributed by atoms with Crippen LogP contribution in [0, 0.1) is 5.41 Å². The zero-order valence-corrected chi connectivity index (χ0v) is 9.02. The summed E-state index contributed by atoms with van der Waals surface area (Å²) in [6.07, 6.45) is 2.38. The first kappa shape index (κ1) is 10.0. The standard InChI is InChI=1S/C10H22N2/c1-9(2,3)8(12(4)5)10(11)6-7-10/h8H,6-7,11H2,1-5H3. The van der Waals surface area contributed by atoms with Crippen LogP contribution in [-0.4, -0.2) is 30.6 Å². The Balaban J connectivity index is 2.76. The summed E-state index contributed by atoms with van der Waals surface area (Å²) in [5.74, 6) is 0. The van der Waals surface area contributed by atoms with E-state index >= 15 is 0 Å². The number of likely N-dealkylation sites (N-methyl/N-ethyl adjacent to an activating group) is 1. The van der Waals surface area contributed by atoms with Crippen molar-refractivity contribution in [1.29, 1.82) is 0 Å². The van der Waals surface area contributed by atoms with Gasteiger partial charge in [0.05, 0.1) is 0 Å². The highest BCUT2D eigenvalue weighted by molar-refractivity contribution is 5.11. The Morgan fingerprint density at radius 2 is 1.67 bits per heavy atom. The Bertz CT molecular complexity index is 158. The summed E-state index contributed by atoms with van der Waals surface area (Å²) < 4.78 is 0. The molecule has 0 bridgehead atoms. The van der Waals surface area contributed by atoms with Crippen LogP contribution in [0.3, 0.4) is 0 Å². The van der Waals surface area contributed by atoms with Gasteiger partial charge in [-0.2, -0.15) is 0 Å². The van der Waals surface area contributed by atoms with E-state index in [-0.39, 0.29) is 11.0 Å². The molecule has 1 fully saturated rings. The molecule has 1 aliphatic rings. The van der Waals surface area contributed by atoms with Crippen LogP contribution in [0.5, 0.6) is 0 Å². The number of hydrogen-bond acceptors (Lipinski definition) is 2. The molecule has 1 saturated carbocycles. The normalized spacial score (nSPS) is 24.2. The second-order valence-electron chi connectivity index (χ2n) is 5.47. The van der Waals surface area contributed by atoms with E-state index in [1.165, 1.54) is 12.8 Å². The van der Waals surface area contributed by atoms with Crippen molar-refractivity contribution < 1.29 is 0 Å². The molecule has 12 heavy (non-hydrogen) atoms. The van der Waals surface area contributed by atoms with Gasteiger partial charge in [-0.1, -0.05) is 20.8 Å². The minimum absolute atomic E-state index is 0.0990. The molecule has 2 nitrogen and oxygen atoms in total. The average Bonchev–Trinajstić information content (AvgIpc) is 2.41. The van der Waals surface area contributed by atoms with Crippen molar-refractivity contribution in [2.24, 2.45) is 11.1 Å². The fraction of sp³-hybridized carbons (Fsp3) is 1.00. The lowest BCUT2D eigenvalue weighted by Gasteiger charge is -2.40. The minimum atomic E-state index is 0.0990. The molecule has 1 rings (SSSR count). The van der Waals surface area contributed by atoms with Crippen molar-refractivity contribution in [3.63, 3.8) is 0 Å². The average molecular weight is 170 g/mol. The number of hydrogen-bond donors (Lipinski definition) is 1. The maximum Gasteiger partial charge on any atom is 0.0318 e. The van der Waals surface area contributed by atoms with Gasteiger partial charge in [-0.15, -0.1) is 0 Å². The van der Waals surface area contributed by atoms with Crippen LogP contribution in [0.4, 0.5) is 0 Å². The third-order valence-corrected chi connectivity index (χ3v) is 2.71. The maximum atomic E-state index is 6.24. The van der Waals surface area contributed by atoms with E-state index in [9.17, 15) is 0 Å². The lowest BCUT2D eigenvalue weighted by molar-refractivity contribution is 0.116. The number of rotatable bonds is 2. The van der Waals surface area contributed by atoms with Crippen molar-refractivity contribution in [3.8, 4) is 0 Å². The largest absolute Gasteiger partial charge is 0.324 e. The lowest BCUT2D eigenvalue weighted by atomic mass is 9.80. The Morgan fingerprint density at radius 3 is 1.75 bits per heavy atom. The van der Waals surface area contributed by atoms with Gasteiger partial charge in [0.15, 0.2) is 0 Å². The molecule has 2 N–H and O–H groups in total. The zero-order valence-electron chi connectivity index (χ0n) is 9.02. The van der Waals surface area contributed by atoms with Crippen LogP contribution in [0.2, 0.25) is 0 Å². The first-order valence-electron chi connectivity index (χ1n) is 4.73. The van der Waals surface area contributed by atoms with Crippen LogP contribution in [0.25, 0.3) is 0 Å². The van der Waals surface area contributed by atoms with E-state index < -0.39 is 0 Å². The van der Waals surface area contributed by atoms with Gasteiger partial charge in [-0.3, -0.25) is 0 Å². The van der Waals surface area contributed by atoms with Gasteiger partial charge >= 0.3 is 0 Å². The molecule has 0 heterocycles. The summed E-state index contributed by atoms with van der Waals surface area (Å²) in [7, 11) is 4.26. The highest BCUT2D eigenvalue weighted by atomic mass is 15.2. The summed E-state index contributed by atoms with van der Waals surface area (Å²) in [5, 5.41) is 0. The number of nitrogens with two attached hydrogens (primary N) is 1. The molecule has 1 atom stereocenters. The maximum absolute atomic E-state index is 6.24. The second-order valence-corrected chi connectivity index (χ2v) is 5.47. The van der Waals surface area contributed by atoms with Crippen molar-refractivity contribution >= 4 is 0 Å². The van der Waals surface area contributed by atoms with Gasteiger partial charge in [-0.05, 0) is 32.4 Å². The predicted octanol–water partition coefficient (Wildman–Crippen LogP) is 1.45. The summed E-state index contributed by atoms with van der Waals surface area (Å²) in [6.45, 7) is 6.81. The van der Waals surface area contributed by atoms with Crippen molar-refractivity contribution in [1.82, 2.24) is 4.90 Å². The summed E-state index contributed by atoms with van der Waals surface area (Å²) >= 11 is 0. The van der Waals surface area contributed by atoms with Crippen LogP contribution < -0.4 is 5.73 Å². The molecule has 1 aliphatic carbocycles. The summed E-state index contributed by atoms with van der Waals surface area (Å²) in [5.41, 5.74) is 6.62. The first-order chi connectivity index (χ1) is 5.27.